The van der Waals surface area contributed by atoms with Crippen LogP contribution in [-0.4, -0.2) is 12.6 Å². The molecule has 2 N–H and O–H groups in total. The highest BCUT2D eigenvalue weighted by Gasteiger charge is 2.34. The summed E-state index contributed by atoms with van der Waals surface area (Å²) in [6, 6.07) is 5.94. The maximum absolute atomic E-state index is 14.2. The predicted octanol–water partition coefficient (Wildman–Crippen LogP) is 3.22. The molecular formula is C15H21FN2. The molecule has 1 unspecified atom stereocenters. The van der Waals surface area contributed by atoms with Crippen molar-refractivity contribution in [1.82, 2.24) is 0 Å². The zero-order chi connectivity index (χ0) is 12.7. The number of benzene rings is 1. The molecule has 0 saturated heterocycles. The Hall–Kier alpha value is -1.09. The summed E-state index contributed by atoms with van der Waals surface area (Å²) in [5.74, 6) is 0.676. The largest absolute Gasteiger partial charge is 0.366 e. The average molecular weight is 248 g/mol. The summed E-state index contributed by atoms with van der Waals surface area (Å²) in [6.07, 6.45) is 5.04. The molecule has 0 amide bonds. The maximum atomic E-state index is 14.2. The molecule has 18 heavy (non-hydrogen) atoms. The van der Waals surface area contributed by atoms with E-state index in [1.165, 1.54) is 25.7 Å². The lowest BCUT2D eigenvalue weighted by molar-refractivity contribution is 0.604. The van der Waals surface area contributed by atoms with Crippen molar-refractivity contribution >= 4 is 5.69 Å². The summed E-state index contributed by atoms with van der Waals surface area (Å²) in [5, 5.41) is 0. The SMILES string of the molecule is CC(N)c1ccc(N(CC2CC2)C2CC2)c(F)c1. The number of hydrogen-bond donors (Lipinski definition) is 1. The molecule has 0 aliphatic heterocycles. The van der Waals surface area contributed by atoms with E-state index in [9.17, 15) is 4.39 Å². The molecule has 0 aromatic heterocycles. The molecule has 0 heterocycles. The summed E-state index contributed by atoms with van der Waals surface area (Å²) >= 11 is 0. The number of nitrogens with zero attached hydrogens (tertiary/aromatic N) is 1. The fraction of sp³-hybridized carbons (Fsp3) is 0.600. The molecule has 2 aliphatic carbocycles. The van der Waals surface area contributed by atoms with Crippen molar-refractivity contribution in [2.24, 2.45) is 11.7 Å². The van der Waals surface area contributed by atoms with E-state index >= 15 is 0 Å². The minimum absolute atomic E-state index is 0.105. The lowest BCUT2D eigenvalue weighted by Gasteiger charge is -2.25. The molecule has 1 aromatic carbocycles. The molecule has 3 rings (SSSR count). The summed E-state index contributed by atoms with van der Waals surface area (Å²) in [6.45, 7) is 2.91. The van der Waals surface area contributed by atoms with E-state index < -0.39 is 0 Å². The zero-order valence-corrected chi connectivity index (χ0v) is 10.9. The molecule has 2 aliphatic rings. The van der Waals surface area contributed by atoms with E-state index in [0.29, 0.717) is 6.04 Å². The summed E-state index contributed by atoms with van der Waals surface area (Å²) in [5.41, 5.74) is 7.44. The van der Waals surface area contributed by atoms with Crippen LogP contribution < -0.4 is 10.6 Å². The van der Waals surface area contributed by atoms with Gasteiger partial charge >= 0.3 is 0 Å². The number of hydrogen-bond acceptors (Lipinski definition) is 2. The molecule has 0 spiro atoms. The smallest absolute Gasteiger partial charge is 0.146 e. The van der Waals surface area contributed by atoms with Crippen LogP contribution in [0.15, 0.2) is 18.2 Å². The van der Waals surface area contributed by atoms with Crippen molar-refractivity contribution < 1.29 is 4.39 Å². The predicted molar refractivity (Wildman–Crippen MR) is 72.1 cm³/mol. The van der Waals surface area contributed by atoms with E-state index in [0.717, 1.165) is 23.7 Å². The Balaban J connectivity index is 1.83. The highest BCUT2D eigenvalue weighted by Crippen LogP contribution is 2.38. The average Bonchev–Trinajstić information content (AvgIpc) is 3.19. The van der Waals surface area contributed by atoms with Gasteiger partial charge in [0.1, 0.15) is 5.82 Å². The minimum Gasteiger partial charge on any atom is -0.366 e. The van der Waals surface area contributed by atoms with Crippen LogP contribution in [0.3, 0.4) is 0 Å². The summed E-state index contributed by atoms with van der Waals surface area (Å²) < 4.78 is 14.2. The summed E-state index contributed by atoms with van der Waals surface area (Å²) in [7, 11) is 0. The van der Waals surface area contributed by atoms with Crippen LogP contribution in [0.4, 0.5) is 10.1 Å². The molecule has 3 heteroatoms. The van der Waals surface area contributed by atoms with Crippen LogP contribution in [0.1, 0.15) is 44.2 Å². The van der Waals surface area contributed by atoms with Crippen LogP contribution in [0.25, 0.3) is 0 Å². The van der Waals surface area contributed by atoms with Gasteiger partial charge in [-0.2, -0.15) is 0 Å². The van der Waals surface area contributed by atoms with Crippen LogP contribution in [0, 0.1) is 11.7 Å². The van der Waals surface area contributed by atoms with Crippen LogP contribution in [-0.2, 0) is 0 Å². The van der Waals surface area contributed by atoms with Crippen molar-refractivity contribution in [3.63, 3.8) is 0 Å². The number of nitrogens with two attached hydrogens (primary N) is 1. The molecule has 2 saturated carbocycles. The van der Waals surface area contributed by atoms with Gasteiger partial charge in [0.05, 0.1) is 5.69 Å². The van der Waals surface area contributed by atoms with Crippen molar-refractivity contribution in [3.05, 3.63) is 29.6 Å². The van der Waals surface area contributed by atoms with Gasteiger partial charge in [0.15, 0.2) is 0 Å². The van der Waals surface area contributed by atoms with Crippen molar-refractivity contribution in [3.8, 4) is 0 Å². The lowest BCUT2D eigenvalue weighted by atomic mass is 10.1. The van der Waals surface area contributed by atoms with Gasteiger partial charge in [-0.3, -0.25) is 0 Å². The third-order valence-electron chi connectivity index (χ3n) is 3.95. The van der Waals surface area contributed by atoms with E-state index in [4.69, 9.17) is 5.73 Å². The van der Waals surface area contributed by atoms with Crippen molar-refractivity contribution in [1.29, 1.82) is 0 Å². The number of rotatable bonds is 5. The molecule has 98 valence electrons. The number of anilines is 1. The zero-order valence-electron chi connectivity index (χ0n) is 10.9. The third-order valence-corrected chi connectivity index (χ3v) is 3.95. The fourth-order valence-corrected chi connectivity index (χ4v) is 2.45. The van der Waals surface area contributed by atoms with Gasteiger partial charge in [-0.05, 0) is 56.2 Å². The monoisotopic (exact) mass is 248 g/mol. The second-order valence-electron chi connectivity index (χ2n) is 5.83. The van der Waals surface area contributed by atoms with Gasteiger partial charge in [0.25, 0.3) is 0 Å². The Morgan fingerprint density at radius 2 is 2.06 bits per heavy atom. The minimum atomic E-state index is -0.114. The van der Waals surface area contributed by atoms with E-state index in [1.807, 2.05) is 19.1 Å². The van der Waals surface area contributed by atoms with Crippen molar-refractivity contribution in [2.75, 3.05) is 11.4 Å². The van der Waals surface area contributed by atoms with Crippen LogP contribution in [0.5, 0.6) is 0 Å². The Bertz CT molecular complexity index is 436. The molecule has 2 fully saturated rings. The highest BCUT2D eigenvalue weighted by atomic mass is 19.1. The van der Waals surface area contributed by atoms with E-state index in [1.54, 1.807) is 6.07 Å². The Labute approximate surface area is 108 Å². The van der Waals surface area contributed by atoms with Gasteiger partial charge in [-0.15, -0.1) is 0 Å². The maximum Gasteiger partial charge on any atom is 0.146 e. The lowest BCUT2D eigenvalue weighted by Crippen LogP contribution is -2.29. The topological polar surface area (TPSA) is 29.3 Å². The third kappa shape index (κ3) is 2.51. The normalized spacial score (nSPS) is 20.8. The Kier molecular flexibility index (Phi) is 3.02. The summed E-state index contributed by atoms with van der Waals surface area (Å²) in [4.78, 5) is 2.28. The van der Waals surface area contributed by atoms with Crippen molar-refractivity contribution in [2.45, 2.75) is 44.7 Å². The molecule has 2 nitrogen and oxygen atoms in total. The van der Waals surface area contributed by atoms with Gasteiger partial charge in [-0.25, -0.2) is 4.39 Å². The van der Waals surface area contributed by atoms with E-state index in [-0.39, 0.29) is 11.9 Å². The first kappa shape index (κ1) is 12.0. The highest BCUT2D eigenvalue weighted by molar-refractivity contribution is 5.51. The quantitative estimate of drug-likeness (QED) is 0.867. The van der Waals surface area contributed by atoms with Gasteiger partial charge in [-0.1, -0.05) is 6.07 Å². The first-order valence-corrected chi connectivity index (χ1v) is 6.97. The van der Waals surface area contributed by atoms with Crippen LogP contribution >= 0.6 is 0 Å². The first-order chi connectivity index (χ1) is 8.65. The van der Waals surface area contributed by atoms with E-state index in [2.05, 4.69) is 4.90 Å². The second kappa shape index (κ2) is 4.54. The Morgan fingerprint density at radius 1 is 1.33 bits per heavy atom. The Morgan fingerprint density at radius 3 is 2.56 bits per heavy atom. The molecule has 1 atom stereocenters. The first-order valence-electron chi connectivity index (χ1n) is 6.97. The number of halogens is 1. The second-order valence-corrected chi connectivity index (χ2v) is 5.83. The molecular weight excluding hydrogens is 227 g/mol. The van der Waals surface area contributed by atoms with Gasteiger partial charge < -0.3 is 10.6 Å². The standard InChI is InChI=1S/C15H21FN2/c1-10(17)12-4-7-15(14(16)8-12)18(13-5-6-13)9-11-2-3-11/h4,7-8,10-11,13H,2-3,5-6,9,17H2,1H3. The molecule has 1 aromatic rings. The fourth-order valence-electron chi connectivity index (χ4n) is 2.45. The van der Waals surface area contributed by atoms with Crippen LogP contribution in [0.2, 0.25) is 0 Å². The molecule has 0 bridgehead atoms. The van der Waals surface area contributed by atoms with Gasteiger partial charge in [0.2, 0.25) is 0 Å². The van der Waals surface area contributed by atoms with Gasteiger partial charge in [0, 0.05) is 18.6 Å². The molecule has 0 radical (unpaired) electrons.